The molecule has 0 atom stereocenters. The second kappa shape index (κ2) is 6.21. The summed E-state index contributed by atoms with van der Waals surface area (Å²) in [5, 5.41) is 8.54. The van der Waals surface area contributed by atoms with Crippen molar-refractivity contribution in [2.24, 2.45) is 0 Å². The van der Waals surface area contributed by atoms with E-state index in [-0.39, 0.29) is 5.91 Å². The van der Waals surface area contributed by atoms with Crippen LogP contribution < -0.4 is 0 Å². The van der Waals surface area contributed by atoms with Gasteiger partial charge in [0.05, 0.1) is 28.5 Å². The molecule has 7 heteroatoms. The van der Waals surface area contributed by atoms with Gasteiger partial charge in [-0.15, -0.1) is 0 Å². The summed E-state index contributed by atoms with van der Waals surface area (Å²) in [6.07, 6.45) is 5.28. The molecular formula is C13H18BrN5O. The van der Waals surface area contributed by atoms with Crippen LogP contribution in [0.25, 0.3) is 0 Å². The van der Waals surface area contributed by atoms with Crippen LogP contribution >= 0.6 is 15.9 Å². The van der Waals surface area contributed by atoms with E-state index in [1.807, 2.05) is 24.7 Å². The molecule has 0 aliphatic rings. The predicted octanol–water partition coefficient (Wildman–Crippen LogP) is 2.15. The lowest BCUT2D eigenvalue weighted by molar-refractivity contribution is 0.0783. The molecule has 0 fully saturated rings. The summed E-state index contributed by atoms with van der Waals surface area (Å²) in [7, 11) is 1.77. The molecule has 0 N–H and O–H groups in total. The molecule has 2 heterocycles. The molecular weight excluding hydrogens is 322 g/mol. The van der Waals surface area contributed by atoms with Crippen LogP contribution in [-0.4, -0.2) is 37.4 Å². The fourth-order valence-corrected chi connectivity index (χ4v) is 2.31. The van der Waals surface area contributed by atoms with Crippen LogP contribution in [0.5, 0.6) is 0 Å². The number of carbonyl (C=O) groups is 1. The van der Waals surface area contributed by atoms with E-state index >= 15 is 0 Å². The first-order chi connectivity index (χ1) is 9.55. The highest BCUT2D eigenvalue weighted by Crippen LogP contribution is 2.17. The fourth-order valence-electron chi connectivity index (χ4n) is 1.87. The maximum Gasteiger partial charge on any atom is 0.257 e. The topological polar surface area (TPSA) is 56.0 Å². The molecule has 0 aliphatic carbocycles. The normalized spacial score (nSPS) is 10.8. The van der Waals surface area contributed by atoms with Crippen LogP contribution in [-0.2, 0) is 19.6 Å². The molecule has 2 aromatic rings. The zero-order chi connectivity index (χ0) is 14.7. The van der Waals surface area contributed by atoms with Crippen LogP contribution in [0.15, 0.2) is 23.1 Å². The molecule has 0 saturated heterocycles. The standard InChI is InChI=1S/C13H18BrN5O/c1-4-18-7-10(6-15-18)13(20)17(3)9-12-11(14)8-19(5-2)16-12/h6-8H,4-5,9H2,1-3H3. The summed E-state index contributed by atoms with van der Waals surface area (Å²) >= 11 is 3.47. The van der Waals surface area contributed by atoms with Gasteiger partial charge >= 0.3 is 0 Å². The number of amides is 1. The van der Waals surface area contributed by atoms with Gasteiger partial charge in [0.2, 0.25) is 0 Å². The number of halogens is 1. The quantitative estimate of drug-likeness (QED) is 0.838. The van der Waals surface area contributed by atoms with Gasteiger partial charge in [0, 0.05) is 32.5 Å². The molecule has 0 bridgehead atoms. The second-order valence-electron chi connectivity index (χ2n) is 4.53. The van der Waals surface area contributed by atoms with Gasteiger partial charge in [-0.05, 0) is 29.8 Å². The van der Waals surface area contributed by atoms with Crippen LogP contribution in [0.2, 0.25) is 0 Å². The van der Waals surface area contributed by atoms with Crippen molar-refractivity contribution < 1.29 is 4.79 Å². The summed E-state index contributed by atoms with van der Waals surface area (Å²) in [4.78, 5) is 13.9. The van der Waals surface area contributed by atoms with E-state index in [0.29, 0.717) is 12.1 Å². The van der Waals surface area contributed by atoms with E-state index in [2.05, 4.69) is 26.1 Å². The molecule has 108 valence electrons. The van der Waals surface area contributed by atoms with Gasteiger partial charge in [-0.25, -0.2) is 0 Å². The summed E-state index contributed by atoms with van der Waals surface area (Å²) in [6, 6.07) is 0. The third-order valence-electron chi connectivity index (χ3n) is 3.05. The van der Waals surface area contributed by atoms with Crippen molar-refractivity contribution in [1.29, 1.82) is 0 Å². The van der Waals surface area contributed by atoms with E-state index in [0.717, 1.165) is 23.3 Å². The van der Waals surface area contributed by atoms with Gasteiger partial charge in [-0.3, -0.25) is 14.2 Å². The highest BCUT2D eigenvalue weighted by molar-refractivity contribution is 9.10. The van der Waals surface area contributed by atoms with Gasteiger partial charge in [-0.1, -0.05) is 0 Å². The van der Waals surface area contributed by atoms with E-state index < -0.39 is 0 Å². The van der Waals surface area contributed by atoms with E-state index in [1.54, 1.807) is 29.0 Å². The number of aryl methyl sites for hydroxylation is 2. The largest absolute Gasteiger partial charge is 0.336 e. The summed E-state index contributed by atoms with van der Waals surface area (Å²) in [6.45, 7) is 6.03. The number of aromatic nitrogens is 4. The van der Waals surface area contributed by atoms with Crippen molar-refractivity contribution in [2.75, 3.05) is 7.05 Å². The van der Waals surface area contributed by atoms with Crippen molar-refractivity contribution in [3.63, 3.8) is 0 Å². The SMILES string of the molecule is CCn1cc(C(=O)N(C)Cc2nn(CC)cc2Br)cn1. The minimum absolute atomic E-state index is 0.0531. The number of nitrogens with zero attached hydrogens (tertiary/aromatic N) is 5. The highest BCUT2D eigenvalue weighted by Gasteiger charge is 2.16. The maximum atomic E-state index is 12.3. The third-order valence-corrected chi connectivity index (χ3v) is 3.71. The molecule has 0 radical (unpaired) electrons. The Balaban J connectivity index is 2.08. The van der Waals surface area contributed by atoms with Gasteiger partial charge in [-0.2, -0.15) is 10.2 Å². The van der Waals surface area contributed by atoms with Crippen LogP contribution in [0, 0.1) is 0 Å². The van der Waals surface area contributed by atoms with Crippen molar-refractivity contribution in [1.82, 2.24) is 24.5 Å². The van der Waals surface area contributed by atoms with Crippen LogP contribution in [0.4, 0.5) is 0 Å². The first-order valence-corrected chi connectivity index (χ1v) is 7.34. The monoisotopic (exact) mass is 339 g/mol. The molecule has 1 amide bonds. The van der Waals surface area contributed by atoms with E-state index in [4.69, 9.17) is 0 Å². The van der Waals surface area contributed by atoms with Gasteiger partial charge in [0.25, 0.3) is 5.91 Å². The molecule has 0 unspecified atom stereocenters. The molecule has 2 rings (SSSR count). The average molecular weight is 340 g/mol. The lowest BCUT2D eigenvalue weighted by Gasteiger charge is -2.14. The maximum absolute atomic E-state index is 12.3. The smallest absolute Gasteiger partial charge is 0.257 e. The zero-order valence-corrected chi connectivity index (χ0v) is 13.5. The van der Waals surface area contributed by atoms with Crippen LogP contribution in [0.3, 0.4) is 0 Å². The lowest BCUT2D eigenvalue weighted by atomic mass is 10.3. The third kappa shape index (κ3) is 3.09. The van der Waals surface area contributed by atoms with E-state index in [9.17, 15) is 4.79 Å². The second-order valence-corrected chi connectivity index (χ2v) is 5.38. The van der Waals surface area contributed by atoms with Gasteiger partial charge < -0.3 is 4.90 Å². The minimum Gasteiger partial charge on any atom is -0.336 e. The molecule has 0 aromatic carbocycles. The molecule has 0 aliphatic heterocycles. The first-order valence-electron chi connectivity index (χ1n) is 6.54. The Hall–Kier alpha value is -1.63. The summed E-state index contributed by atoms with van der Waals surface area (Å²) < 4.78 is 4.50. The Bertz CT molecular complexity index is 604. The van der Waals surface area contributed by atoms with Gasteiger partial charge in [0.15, 0.2) is 0 Å². The van der Waals surface area contributed by atoms with Crippen molar-refractivity contribution in [3.05, 3.63) is 34.3 Å². The number of rotatable bonds is 5. The Morgan fingerprint density at radius 2 is 2.00 bits per heavy atom. The first kappa shape index (κ1) is 14.8. The lowest BCUT2D eigenvalue weighted by Crippen LogP contribution is -2.26. The number of hydrogen-bond donors (Lipinski definition) is 0. The molecule has 0 saturated carbocycles. The Kier molecular flexibility index (Phi) is 4.59. The summed E-state index contributed by atoms with van der Waals surface area (Å²) in [5.41, 5.74) is 1.45. The Morgan fingerprint density at radius 3 is 2.55 bits per heavy atom. The molecule has 6 nitrogen and oxygen atoms in total. The van der Waals surface area contributed by atoms with Crippen molar-refractivity contribution in [3.8, 4) is 0 Å². The molecule has 2 aromatic heterocycles. The zero-order valence-electron chi connectivity index (χ0n) is 11.9. The summed E-state index contributed by atoms with van der Waals surface area (Å²) in [5.74, 6) is -0.0531. The highest BCUT2D eigenvalue weighted by atomic mass is 79.9. The van der Waals surface area contributed by atoms with Crippen molar-refractivity contribution in [2.45, 2.75) is 33.5 Å². The molecule has 20 heavy (non-hydrogen) atoms. The predicted molar refractivity (Wildman–Crippen MR) is 79.3 cm³/mol. The Morgan fingerprint density at radius 1 is 1.30 bits per heavy atom. The number of carbonyl (C=O) groups excluding carboxylic acids is 1. The van der Waals surface area contributed by atoms with Crippen LogP contribution in [0.1, 0.15) is 29.9 Å². The average Bonchev–Trinajstić information content (AvgIpc) is 3.05. The molecule has 0 spiro atoms. The fraction of sp³-hybridized carbons (Fsp3) is 0.462. The van der Waals surface area contributed by atoms with E-state index in [1.165, 1.54) is 0 Å². The van der Waals surface area contributed by atoms with Gasteiger partial charge in [0.1, 0.15) is 0 Å². The Labute approximate surface area is 126 Å². The number of hydrogen-bond acceptors (Lipinski definition) is 3. The minimum atomic E-state index is -0.0531. The van der Waals surface area contributed by atoms with Crippen molar-refractivity contribution >= 4 is 21.8 Å².